The molecule has 2 rings (SSSR count). The number of hydrogen-bond acceptors (Lipinski definition) is 5. The zero-order chi connectivity index (χ0) is 12.3. The highest BCUT2D eigenvalue weighted by atomic mass is 16.5. The summed E-state index contributed by atoms with van der Waals surface area (Å²) in [7, 11) is 1.42. The fourth-order valence-corrected chi connectivity index (χ4v) is 2.19. The van der Waals surface area contributed by atoms with Crippen LogP contribution in [-0.2, 0) is 9.53 Å². The van der Waals surface area contributed by atoms with Gasteiger partial charge in [-0.1, -0.05) is 6.07 Å². The van der Waals surface area contributed by atoms with Crippen LogP contribution in [0.3, 0.4) is 0 Å². The molecular formula is C12H17N3O2. The van der Waals surface area contributed by atoms with E-state index in [-0.39, 0.29) is 12.0 Å². The summed E-state index contributed by atoms with van der Waals surface area (Å²) in [5.41, 5.74) is 5.67. The van der Waals surface area contributed by atoms with Crippen LogP contribution < -0.4 is 10.6 Å². The van der Waals surface area contributed by atoms with Crippen molar-refractivity contribution in [3.05, 3.63) is 18.2 Å². The van der Waals surface area contributed by atoms with Crippen molar-refractivity contribution >= 4 is 17.6 Å². The lowest BCUT2D eigenvalue weighted by Gasteiger charge is -2.34. The number of ether oxygens (including phenoxy) is 1. The van der Waals surface area contributed by atoms with Gasteiger partial charge in [0, 0.05) is 6.54 Å². The number of nitrogens with zero attached hydrogens (tertiary/aromatic N) is 2. The van der Waals surface area contributed by atoms with Crippen LogP contribution in [0.15, 0.2) is 18.2 Å². The van der Waals surface area contributed by atoms with Crippen molar-refractivity contribution < 1.29 is 9.53 Å². The molecule has 2 N–H and O–H groups in total. The second kappa shape index (κ2) is 5.03. The van der Waals surface area contributed by atoms with Crippen molar-refractivity contribution in [2.24, 2.45) is 0 Å². The Bertz CT molecular complexity index is 408. The third-order valence-corrected chi connectivity index (χ3v) is 3.03. The summed E-state index contributed by atoms with van der Waals surface area (Å²) < 4.78 is 4.83. The molecule has 1 saturated heterocycles. The quantitative estimate of drug-likeness (QED) is 0.780. The van der Waals surface area contributed by atoms with Gasteiger partial charge in [-0.15, -0.1) is 0 Å². The monoisotopic (exact) mass is 235 g/mol. The highest BCUT2D eigenvalue weighted by Gasteiger charge is 2.30. The van der Waals surface area contributed by atoms with Crippen LogP contribution in [0.25, 0.3) is 0 Å². The molecule has 0 amide bonds. The van der Waals surface area contributed by atoms with Crippen LogP contribution in [0.1, 0.15) is 19.3 Å². The van der Waals surface area contributed by atoms with Gasteiger partial charge in [-0.2, -0.15) is 0 Å². The highest BCUT2D eigenvalue weighted by molar-refractivity contribution is 5.79. The molecule has 5 heteroatoms. The molecule has 17 heavy (non-hydrogen) atoms. The molecule has 1 fully saturated rings. The van der Waals surface area contributed by atoms with Gasteiger partial charge in [0.2, 0.25) is 0 Å². The summed E-state index contributed by atoms with van der Waals surface area (Å²) in [5.74, 6) is 1.02. The normalized spacial score (nSPS) is 20.1. The summed E-state index contributed by atoms with van der Waals surface area (Å²) >= 11 is 0. The first-order valence-electron chi connectivity index (χ1n) is 5.79. The largest absolute Gasteiger partial charge is 0.467 e. The summed E-state index contributed by atoms with van der Waals surface area (Å²) in [5, 5.41) is 0. The molecule has 5 nitrogen and oxygen atoms in total. The van der Waals surface area contributed by atoms with Crippen molar-refractivity contribution in [1.29, 1.82) is 0 Å². The van der Waals surface area contributed by atoms with Crippen LogP contribution >= 0.6 is 0 Å². The maximum Gasteiger partial charge on any atom is 0.328 e. The molecule has 0 spiro atoms. The van der Waals surface area contributed by atoms with Gasteiger partial charge in [0.15, 0.2) is 0 Å². The Hall–Kier alpha value is -1.78. The Kier molecular flexibility index (Phi) is 3.46. The molecule has 0 saturated carbocycles. The first-order chi connectivity index (χ1) is 8.22. The Morgan fingerprint density at radius 2 is 2.35 bits per heavy atom. The topological polar surface area (TPSA) is 68.5 Å². The minimum Gasteiger partial charge on any atom is -0.467 e. The molecule has 1 aliphatic heterocycles. The number of methoxy groups -OCH3 is 1. The van der Waals surface area contributed by atoms with E-state index in [1.807, 2.05) is 17.0 Å². The molecule has 0 aromatic carbocycles. The SMILES string of the molecule is COC(=O)C1CCCCN1c1cccc(N)n1. The van der Waals surface area contributed by atoms with E-state index >= 15 is 0 Å². The Balaban J connectivity index is 2.24. The van der Waals surface area contributed by atoms with E-state index in [0.717, 1.165) is 31.6 Å². The molecule has 1 unspecified atom stereocenters. The third kappa shape index (κ3) is 2.49. The second-order valence-corrected chi connectivity index (χ2v) is 4.15. The lowest BCUT2D eigenvalue weighted by molar-refractivity contribution is -0.142. The Morgan fingerprint density at radius 3 is 3.06 bits per heavy atom. The maximum atomic E-state index is 11.7. The maximum absolute atomic E-state index is 11.7. The molecule has 1 aliphatic rings. The zero-order valence-corrected chi connectivity index (χ0v) is 9.93. The van der Waals surface area contributed by atoms with E-state index in [9.17, 15) is 4.79 Å². The number of pyridine rings is 1. The van der Waals surface area contributed by atoms with E-state index in [1.165, 1.54) is 7.11 Å². The van der Waals surface area contributed by atoms with Gasteiger partial charge in [-0.05, 0) is 31.4 Å². The van der Waals surface area contributed by atoms with E-state index in [0.29, 0.717) is 5.82 Å². The van der Waals surface area contributed by atoms with Crippen LogP contribution in [0, 0.1) is 0 Å². The van der Waals surface area contributed by atoms with E-state index < -0.39 is 0 Å². The smallest absolute Gasteiger partial charge is 0.328 e. The fourth-order valence-electron chi connectivity index (χ4n) is 2.19. The van der Waals surface area contributed by atoms with Crippen molar-refractivity contribution in [3.63, 3.8) is 0 Å². The van der Waals surface area contributed by atoms with Crippen molar-refractivity contribution in [3.8, 4) is 0 Å². The number of carbonyl (C=O) groups excluding carboxylic acids is 1. The van der Waals surface area contributed by atoms with Gasteiger partial charge in [-0.25, -0.2) is 9.78 Å². The van der Waals surface area contributed by atoms with Crippen molar-refractivity contribution in [2.45, 2.75) is 25.3 Å². The average Bonchev–Trinajstić information content (AvgIpc) is 2.38. The second-order valence-electron chi connectivity index (χ2n) is 4.15. The van der Waals surface area contributed by atoms with Crippen molar-refractivity contribution in [2.75, 3.05) is 24.3 Å². The molecule has 0 bridgehead atoms. The number of aromatic nitrogens is 1. The molecule has 1 aromatic rings. The third-order valence-electron chi connectivity index (χ3n) is 3.03. The van der Waals surface area contributed by atoms with E-state index in [2.05, 4.69) is 4.98 Å². The van der Waals surface area contributed by atoms with Gasteiger partial charge in [-0.3, -0.25) is 0 Å². The minimum atomic E-state index is -0.233. The number of nitrogen functional groups attached to an aromatic ring is 1. The number of anilines is 2. The predicted octanol–water partition coefficient (Wildman–Crippen LogP) is 1.20. The Morgan fingerprint density at radius 1 is 1.53 bits per heavy atom. The Labute approximate surface area is 101 Å². The first kappa shape index (κ1) is 11.7. The van der Waals surface area contributed by atoms with Gasteiger partial charge in [0.1, 0.15) is 17.7 Å². The van der Waals surface area contributed by atoms with Crippen LogP contribution in [0.4, 0.5) is 11.6 Å². The van der Waals surface area contributed by atoms with E-state index in [4.69, 9.17) is 10.5 Å². The average molecular weight is 235 g/mol. The molecule has 0 aliphatic carbocycles. The van der Waals surface area contributed by atoms with Gasteiger partial charge < -0.3 is 15.4 Å². The lowest BCUT2D eigenvalue weighted by atomic mass is 10.0. The predicted molar refractivity (Wildman–Crippen MR) is 65.7 cm³/mol. The molecule has 2 heterocycles. The summed E-state index contributed by atoms with van der Waals surface area (Å²) in [6.45, 7) is 0.816. The van der Waals surface area contributed by atoms with Crippen LogP contribution in [0.5, 0.6) is 0 Å². The standard InChI is InChI=1S/C12H17N3O2/c1-17-12(16)9-5-2-3-8-15(9)11-7-4-6-10(13)14-11/h4,6-7,9H,2-3,5,8H2,1H3,(H2,13,14). The number of hydrogen-bond donors (Lipinski definition) is 1. The van der Waals surface area contributed by atoms with E-state index in [1.54, 1.807) is 6.07 Å². The molecule has 1 atom stereocenters. The van der Waals surface area contributed by atoms with Gasteiger partial charge in [0.25, 0.3) is 0 Å². The number of esters is 1. The van der Waals surface area contributed by atoms with Gasteiger partial charge >= 0.3 is 5.97 Å². The number of piperidine rings is 1. The summed E-state index contributed by atoms with van der Waals surface area (Å²) in [6, 6.07) is 5.22. The highest BCUT2D eigenvalue weighted by Crippen LogP contribution is 2.24. The number of carbonyl (C=O) groups is 1. The summed E-state index contributed by atoms with van der Waals surface area (Å²) in [6.07, 6.45) is 2.91. The van der Waals surface area contributed by atoms with Crippen LogP contribution in [-0.4, -0.2) is 30.6 Å². The fraction of sp³-hybridized carbons (Fsp3) is 0.500. The molecular weight excluding hydrogens is 218 g/mol. The molecule has 1 aromatic heterocycles. The first-order valence-corrected chi connectivity index (χ1v) is 5.79. The number of nitrogens with two attached hydrogens (primary N) is 1. The lowest BCUT2D eigenvalue weighted by Crippen LogP contribution is -2.45. The van der Waals surface area contributed by atoms with Gasteiger partial charge in [0.05, 0.1) is 7.11 Å². The zero-order valence-electron chi connectivity index (χ0n) is 9.93. The molecule has 0 radical (unpaired) electrons. The van der Waals surface area contributed by atoms with Crippen LogP contribution in [0.2, 0.25) is 0 Å². The summed E-state index contributed by atoms with van der Waals surface area (Å²) in [4.78, 5) is 18.0. The minimum absolute atomic E-state index is 0.200. The number of rotatable bonds is 2. The molecule has 92 valence electrons. The van der Waals surface area contributed by atoms with Crippen molar-refractivity contribution in [1.82, 2.24) is 4.98 Å².